The van der Waals surface area contributed by atoms with Gasteiger partial charge in [-0.3, -0.25) is 0 Å². The van der Waals surface area contributed by atoms with E-state index < -0.39 is 17.8 Å². The van der Waals surface area contributed by atoms with Crippen LogP contribution in [0.15, 0.2) is 42.5 Å². The van der Waals surface area contributed by atoms with Crippen molar-refractivity contribution in [2.24, 2.45) is 0 Å². The molecule has 0 saturated heterocycles. The summed E-state index contributed by atoms with van der Waals surface area (Å²) < 4.78 is 38.6. The molecule has 0 radical (unpaired) electrons. The van der Waals surface area contributed by atoms with Crippen molar-refractivity contribution in [1.29, 1.82) is 0 Å². The maximum Gasteiger partial charge on any atom is 0.418 e. The fourth-order valence-electron chi connectivity index (χ4n) is 2.07. The van der Waals surface area contributed by atoms with E-state index in [4.69, 9.17) is 0 Å². The van der Waals surface area contributed by atoms with Crippen molar-refractivity contribution in [3.63, 3.8) is 0 Å². The number of anilines is 2. The van der Waals surface area contributed by atoms with E-state index in [1.54, 1.807) is 6.07 Å². The highest BCUT2D eigenvalue weighted by atomic mass is 19.4. The third-order valence-electron chi connectivity index (χ3n) is 3.11. The number of aryl methyl sites for hydroxylation is 2. The highest BCUT2D eigenvalue weighted by Gasteiger charge is 2.33. The van der Waals surface area contributed by atoms with E-state index in [1.165, 1.54) is 18.2 Å². The fourth-order valence-corrected chi connectivity index (χ4v) is 2.07. The number of alkyl halides is 3. The van der Waals surface area contributed by atoms with Crippen LogP contribution in [0.25, 0.3) is 0 Å². The van der Waals surface area contributed by atoms with Gasteiger partial charge in [0.05, 0.1) is 11.3 Å². The Bertz CT molecular complexity index is 696. The van der Waals surface area contributed by atoms with Gasteiger partial charge in [-0.25, -0.2) is 4.79 Å². The lowest BCUT2D eigenvalue weighted by Gasteiger charge is -2.15. The van der Waals surface area contributed by atoms with Crippen LogP contribution in [-0.2, 0) is 6.18 Å². The molecular weight excluding hydrogens is 293 g/mol. The quantitative estimate of drug-likeness (QED) is 0.808. The summed E-state index contributed by atoms with van der Waals surface area (Å²) in [6.07, 6.45) is -4.52. The summed E-state index contributed by atoms with van der Waals surface area (Å²) in [6.45, 7) is 3.72. The van der Waals surface area contributed by atoms with Gasteiger partial charge >= 0.3 is 12.2 Å². The minimum absolute atomic E-state index is 0.280. The van der Waals surface area contributed by atoms with Gasteiger partial charge in [0.1, 0.15) is 0 Å². The monoisotopic (exact) mass is 308 g/mol. The highest BCUT2D eigenvalue weighted by Crippen LogP contribution is 2.34. The molecule has 116 valence electrons. The SMILES string of the molecule is Cc1ccc(NC(=O)Nc2ccccc2C(F)(F)F)c(C)c1. The normalized spacial score (nSPS) is 11.1. The van der Waals surface area contributed by atoms with Crippen molar-refractivity contribution < 1.29 is 18.0 Å². The van der Waals surface area contributed by atoms with E-state index in [1.807, 2.05) is 26.0 Å². The fraction of sp³-hybridized carbons (Fsp3) is 0.188. The molecule has 0 bridgehead atoms. The Morgan fingerprint density at radius 1 is 0.955 bits per heavy atom. The molecule has 6 heteroatoms. The third-order valence-corrected chi connectivity index (χ3v) is 3.11. The van der Waals surface area contributed by atoms with Crippen molar-refractivity contribution in [2.45, 2.75) is 20.0 Å². The van der Waals surface area contributed by atoms with Gasteiger partial charge in [0.25, 0.3) is 0 Å². The zero-order valence-electron chi connectivity index (χ0n) is 12.1. The lowest BCUT2D eigenvalue weighted by atomic mass is 10.1. The minimum atomic E-state index is -4.52. The molecule has 0 unspecified atom stereocenters. The second-order valence-electron chi connectivity index (χ2n) is 4.94. The number of carbonyl (C=O) groups excluding carboxylic acids is 1. The molecule has 2 aromatic carbocycles. The average Bonchev–Trinajstić information content (AvgIpc) is 2.41. The van der Waals surface area contributed by atoms with E-state index in [0.717, 1.165) is 17.2 Å². The molecule has 3 nitrogen and oxygen atoms in total. The standard InChI is InChI=1S/C16H15F3N2O/c1-10-7-8-13(11(2)9-10)20-15(22)21-14-6-4-3-5-12(14)16(17,18)19/h3-9H,1-2H3,(H2,20,21,22). The van der Waals surface area contributed by atoms with Gasteiger partial charge in [0.2, 0.25) is 0 Å². The third kappa shape index (κ3) is 3.78. The van der Waals surface area contributed by atoms with Crippen LogP contribution in [0.5, 0.6) is 0 Å². The number of hydrogen-bond acceptors (Lipinski definition) is 1. The maximum atomic E-state index is 12.9. The zero-order valence-corrected chi connectivity index (χ0v) is 12.1. The average molecular weight is 308 g/mol. The van der Waals surface area contributed by atoms with Crippen LogP contribution >= 0.6 is 0 Å². The number of hydrogen-bond donors (Lipinski definition) is 2. The van der Waals surface area contributed by atoms with Crippen molar-refractivity contribution in [1.82, 2.24) is 0 Å². The number of benzene rings is 2. The summed E-state index contributed by atoms with van der Waals surface area (Å²) in [5.41, 5.74) is 1.25. The Hall–Kier alpha value is -2.50. The number of rotatable bonds is 2. The summed E-state index contributed by atoms with van der Waals surface area (Å²) >= 11 is 0. The Labute approximate surface area is 126 Å². The van der Waals surface area contributed by atoms with E-state index >= 15 is 0 Å². The molecule has 2 N–H and O–H groups in total. The van der Waals surface area contributed by atoms with Crippen molar-refractivity contribution in [2.75, 3.05) is 10.6 Å². The number of urea groups is 1. The first kappa shape index (κ1) is 15.9. The molecule has 0 atom stereocenters. The van der Waals surface area contributed by atoms with E-state index in [2.05, 4.69) is 10.6 Å². The number of amides is 2. The first-order chi connectivity index (χ1) is 10.3. The largest absolute Gasteiger partial charge is 0.418 e. The van der Waals surface area contributed by atoms with Crippen LogP contribution in [0.2, 0.25) is 0 Å². The van der Waals surface area contributed by atoms with Crippen molar-refractivity contribution >= 4 is 17.4 Å². The number of para-hydroxylation sites is 1. The molecular formula is C16H15F3N2O. The second kappa shape index (κ2) is 6.09. The second-order valence-corrected chi connectivity index (χ2v) is 4.94. The van der Waals surface area contributed by atoms with Gasteiger partial charge in [-0.1, -0.05) is 29.8 Å². The van der Waals surface area contributed by atoms with E-state index in [0.29, 0.717) is 5.69 Å². The summed E-state index contributed by atoms with van der Waals surface area (Å²) in [5.74, 6) is 0. The summed E-state index contributed by atoms with van der Waals surface area (Å²) in [7, 11) is 0. The van der Waals surface area contributed by atoms with Crippen LogP contribution in [0.4, 0.5) is 29.3 Å². The van der Waals surface area contributed by atoms with Crippen LogP contribution in [-0.4, -0.2) is 6.03 Å². The Kier molecular flexibility index (Phi) is 4.40. The summed E-state index contributed by atoms with van der Waals surface area (Å²) in [5, 5.41) is 4.78. The van der Waals surface area contributed by atoms with Crippen LogP contribution in [0.3, 0.4) is 0 Å². The Morgan fingerprint density at radius 2 is 1.59 bits per heavy atom. The molecule has 22 heavy (non-hydrogen) atoms. The molecule has 0 saturated carbocycles. The predicted molar refractivity (Wildman–Crippen MR) is 80.0 cm³/mol. The molecule has 2 amide bonds. The maximum absolute atomic E-state index is 12.9. The molecule has 0 spiro atoms. The van der Waals surface area contributed by atoms with E-state index in [9.17, 15) is 18.0 Å². The smallest absolute Gasteiger partial charge is 0.307 e. The highest BCUT2D eigenvalue weighted by molar-refractivity contribution is 6.00. The van der Waals surface area contributed by atoms with Crippen molar-refractivity contribution in [3.8, 4) is 0 Å². The predicted octanol–water partition coefficient (Wildman–Crippen LogP) is 4.97. The molecule has 0 fully saturated rings. The lowest BCUT2D eigenvalue weighted by Crippen LogP contribution is -2.22. The van der Waals surface area contributed by atoms with Gasteiger partial charge < -0.3 is 10.6 Å². The van der Waals surface area contributed by atoms with Gasteiger partial charge in [-0.05, 0) is 37.6 Å². The number of carbonyl (C=O) groups is 1. The number of halogens is 3. The molecule has 2 rings (SSSR count). The lowest BCUT2D eigenvalue weighted by molar-refractivity contribution is -0.136. The molecule has 0 aliphatic rings. The Morgan fingerprint density at radius 3 is 2.23 bits per heavy atom. The number of nitrogens with one attached hydrogen (secondary N) is 2. The Balaban J connectivity index is 2.16. The summed E-state index contributed by atoms with van der Waals surface area (Å²) in [6, 6.07) is 9.52. The van der Waals surface area contributed by atoms with Crippen molar-refractivity contribution in [3.05, 3.63) is 59.2 Å². The van der Waals surface area contributed by atoms with E-state index in [-0.39, 0.29) is 5.69 Å². The molecule has 0 aromatic heterocycles. The van der Waals surface area contributed by atoms with Crippen LogP contribution in [0.1, 0.15) is 16.7 Å². The van der Waals surface area contributed by atoms with Gasteiger partial charge in [0, 0.05) is 5.69 Å². The minimum Gasteiger partial charge on any atom is -0.307 e. The van der Waals surface area contributed by atoms with Gasteiger partial charge in [-0.2, -0.15) is 13.2 Å². The van der Waals surface area contributed by atoms with Crippen LogP contribution in [0, 0.1) is 13.8 Å². The van der Waals surface area contributed by atoms with Gasteiger partial charge in [0.15, 0.2) is 0 Å². The van der Waals surface area contributed by atoms with Crippen LogP contribution < -0.4 is 10.6 Å². The van der Waals surface area contributed by atoms with Gasteiger partial charge in [-0.15, -0.1) is 0 Å². The molecule has 0 aliphatic heterocycles. The summed E-state index contributed by atoms with van der Waals surface area (Å²) in [4.78, 5) is 11.9. The first-order valence-corrected chi connectivity index (χ1v) is 6.59. The molecule has 0 aliphatic carbocycles. The first-order valence-electron chi connectivity index (χ1n) is 6.59. The molecule has 2 aromatic rings. The molecule has 0 heterocycles. The topological polar surface area (TPSA) is 41.1 Å². The zero-order chi connectivity index (χ0) is 16.3.